The zero-order chi connectivity index (χ0) is 15.4. The molecule has 5 N–H and O–H groups in total. The highest BCUT2D eigenvalue weighted by molar-refractivity contribution is 5.96. The molecule has 0 spiro atoms. The molecular weight excluding hydrogens is 272 g/mol. The van der Waals surface area contributed by atoms with Crippen LogP contribution in [0.4, 0.5) is 5.69 Å². The molecule has 0 radical (unpaired) electrons. The fraction of sp³-hybridized carbons (Fsp3) is 0.467. The van der Waals surface area contributed by atoms with Crippen molar-refractivity contribution in [3.05, 3.63) is 23.8 Å². The van der Waals surface area contributed by atoms with Crippen LogP contribution in [-0.4, -0.2) is 28.6 Å². The number of nitrogens with two attached hydrogens (primary N) is 1. The SMILES string of the molecule is NCC1CCC(C(=O)Nc2cc(C(=O)O)ccc2O)CC1. The second-order valence-electron chi connectivity index (χ2n) is 5.48. The topological polar surface area (TPSA) is 113 Å². The number of benzene rings is 1. The van der Waals surface area contributed by atoms with E-state index in [1.807, 2.05) is 0 Å². The number of hydrogen-bond donors (Lipinski definition) is 4. The molecule has 2 rings (SSSR count). The fourth-order valence-electron chi connectivity index (χ4n) is 2.66. The number of carbonyl (C=O) groups excluding carboxylic acids is 1. The molecule has 1 amide bonds. The maximum Gasteiger partial charge on any atom is 0.335 e. The van der Waals surface area contributed by atoms with E-state index in [1.54, 1.807) is 0 Å². The molecule has 0 saturated heterocycles. The lowest BCUT2D eigenvalue weighted by Crippen LogP contribution is -2.29. The second-order valence-corrected chi connectivity index (χ2v) is 5.48. The molecule has 1 aliphatic carbocycles. The maximum atomic E-state index is 12.2. The lowest BCUT2D eigenvalue weighted by Gasteiger charge is -2.26. The molecule has 6 heteroatoms. The van der Waals surface area contributed by atoms with Crippen LogP contribution in [0.2, 0.25) is 0 Å². The van der Waals surface area contributed by atoms with Crippen LogP contribution in [0.15, 0.2) is 18.2 Å². The third-order valence-corrected chi connectivity index (χ3v) is 4.05. The summed E-state index contributed by atoms with van der Waals surface area (Å²) in [6.45, 7) is 0.649. The molecule has 0 heterocycles. The van der Waals surface area contributed by atoms with E-state index in [9.17, 15) is 14.7 Å². The van der Waals surface area contributed by atoms with Gasteiger partial charge in [-0.1, -0.05) is 0 Å². The van der Waals surface area contributed by atoms with E-state index >= 15 is 0 Å². The number of carboxylic acids is 1. The molecular formula is C15H20N2O4. The van der Waals surface area contributed by atoms with Gasteiger partial charge in [-0.25, -0.2) is 4.79 Å². The van der Waals surface area contributed by atoms with Gasteiger partial charge in [-0.3, -0.25) is 4.79 Å². The largest absolute Gasteiger partial charge is 0.506 e. The first-order chi connectivity index (χ1) is 10.0. The van der Waals surface area contributed by atoms with Crippen molar-refractivity contribution in [1.82, 2.24) is 0 Å². The Morgan fingerprint density at radius 3 is 2.48 bits per heavy atom. The quantitative estimate of drug-likeness (QED) is 0.632. The molecule has 6 nitrogen and oxygen atoms in total. The van der Waals surface area contributed by atoms with Gasteiger partial charge in [0, 0.05) is 5.92 Å². The number of aromatic carboxylic acids is 1. The van der Waals surface area contributed by atoms with Gasteiger partial charge in [0.25, 0.3) is 0 Å². The maximum absolute atomic E-state index is 12.2. The zero-order valence-corrected chi connectivity index (χ0v) is 11.7. The van der Waals surface area contributed by atoms with Crippen molar-refractivity contribution in [3.63, 3.8) is 0 Å². The third kappa shape index (κ3) is 3.72. The van der Waals surface area contributed by atoms with Crippen molar-refractivity contribution in [1.29, 1.82) is 0 Å². The molecule has 114 valence electrons. The summed E-state index contributed by atoms with van der Waals surface area (Å²) >= 11 is 0. The number of nitrogens with one attached hydrogen (secondary N) is 1. The van der Waals surface area contributed by atoms with E-state index in [2.05, 4.69) is 5.32 Å². The van der Waals surface area contributed by atoms with Crippen LogP contribution in [-0.2, 0) is 4.79 Å². The van der Waals surface area contributed by atoms with Crippen LogP contribution < -0.4 is 11.1 Å². The summed E-state index contributed by atoms with van der Waals surface area (Å²) in [5.41, 5.74) is 5.79. The third-order valence-electron chi connectivity index (χ3n) is 4.05. The first kappa shape index (κ1) is 15.3. The molecule has 0 aromatic heterocycles. The second kappa shape index (κ2) is 6.58. The van der Waals surface area contributed by atoms with E-state index in [1.165, 1.54) is 18.2 Å². The monoisotopic (exact) mass is 292 g/mol. The summed E-state index contributed by atoms with van der Waals surface area (Å²) in [4.78, 5) is 23.1. The molecule has 0 unspecified atom stereocenters. The first-order valence-electron chi connectivity index (χ1n) is 7.08. The average molecular weight is 292 g/mol. The van der Waals surface area contributed by atoms with Crippen molar-refractivity contribution in [3.8, 4) is 5.75 Å². The average Bonchev–Trinajstić information content (AvgIpc) is 2.49. The summed E-state index contributed by atoms with van der Waals surface area (Å²) in [6, 6.07) is 3.82. The van der Waals surface area contributed by atoms with E-state index < -0.39 is 5.97 Å². The predicted molar refractivity (Wildman–Crippen MR) is 78.2 cm³/mol. The lowest BCUT2D eigenvalue weighted by atomic mass is 9.81. The number of phenolic OH excluding ortho intramolecular Hbond substituents is 1. The van der Waals surface area contributed by atoms with Crippen molar-refractivity contribution in [2.45, 2.75) is 25.7 Å². The Kier molecular flexibility index (Phi) is 4.80. The van der Waals surface area contributed by atoms with Crippen molar-refractivity contribution in [2.24, 2.45) is 17.6 Å². The molecule has 21 heavy (non-hydrogen) atoms. The molecule has 1 aromatic rings. The number of carboxylic acid groups (broad SMARTS) is 1. The van der Waals surface area contributed by atoms with Gasteiger partial charge in [0.1, 0.15) is 5.75 Å². The van der Waals surface area contributed by atoms with Gasteiger partial charge in [-0.2, -0.15) is 0 Å². The van der Waals surface area contributed by atoms with Crippen molar-refractivity contribution < 1.29 is 19.8 Å². The minimum absolute atomic E-state index is 0.0231. The molecule has 1 aliphatic rings. The Labute approximate surface area is 123 Å². The van der Waals surface area contributed by atoms with Gasteiger partial charge in [-0.15, -0.1) is 0 Å². The van der Waals surface area contributed by atoms with Gasteiger partial charge in [-0.05, 0) is 56.3 Å². The first-order valence-corrected chi connectivity index (χ1v) is 7.08. The normalized spacial score (nSPS) is 21.8. The Morgan fingerprint density at radius 1 is 1.24 bits per heavy atom. The number of amides is 1. The summed E-state index contributed by atoms with van der Waals surface area (Å²) in [5.74, 6) is -1.04. The van der Waals surface area contributed by atoms with Crippen molar-refractivity contribution in [2.75, 3.05) is 11.9 Å². The number of carbonyl (C=O) groups is 2. The summed E-state index contributed by atoms with van der Waals surface area (Å²) in [5, 5.41) is 21.3. The molecule has 0 aliphatic heterocycles. The van der Waals surface area contributed by atoms with Crippen molar-refractivity contribution >= 4 is 17.6 Å². The van der Waals surface area contributed by atoms with Gasteiger partial charge < -0.3 is 21.3 Å². The molecule has 1 saturated carbocycles. The Morgan fingerprint density at radius 2 is 1.90 bits per heavy atom. The van der Waals surface area contributed by atoms with Gasteiger partial charge in [0.2, 0.25) is 5.91 Å². The van der Waals surface area contributed by atoms with Crippen LogP contribution in [0.3, 0.4) is 0 Å². The number of rotatable bonds is 4. The van der Waals surface area contributed by atoms with Crippen LogP contribution in [0.1, 0.15) is 36.0 Å². The lowest BCUT2D eigenvalue weighted by molar-refractivity contribution is -0.121. The Bertz CT molecular complexity index is 536. The van der Waals surface area contributed by atoms with Crippen LogP contribution in [0, 0.1) is 11.8 Å². The fourth-order valence-corrected chi connectivity index (χ4v) is 2.66. The predicted octanol–water partition coefficient (Wildman–Crippen LogP) is 1.79. The Balaban J connectivity index is 2.03. The molecule has 0 atom stereocenters. The molecule has 0 bridgehead atoms. The highest BCUT2D eigenvalue weighted by Gasteiger charge is 2.26. The van der Waals surface area contributed by atoms with Crippen LogP contribution in [0.5, 0.6) is 5.75 Å². The summed E-state index contributed by atoms with van der Waals surface area (Å²) in [6.07, 6.45) is 3.39. The highest BCUT2D eigenvalue weighted by atomic mass is 16.4. The smallest absolute Gasteiger partial charge is 0.335 e. The summed E-state index contributed by atoms with van der Waals surface area (Å²) in [7, 11) is 0. The van der Waals surface area contributed by atoms with Gasteiger partial charge >= 0.3 is 5.97 Å². The summed E-state index contributed by atoms with van der Waals surface area (Å²) < 4.78 is 0. The highest BCUT2D eigenvalue weighted by Crippen LogP contribution is 2.30. The van der Waals surface area contributed by atoms with E-state index in [-0.39, 0.29) is 28.8 Å². The minimum Gasteiger partial charge on any atom is -0.506 e. The standard InChI is InChI=1S/C15H20N2O4/c16-8-9-1-3-10(4-2-9)14(19)17-12-7-11(15(20)21)5-6-13(12)18/h5-7,9-10,18H,1-4,8,16H2,(H,17,19)(H,20,21). The van der Waals surface area contributed by atoms with E-state index in [4.69, 9.17) is 10.8 Å². The molecule has 1 aromatic carbocycles. The van der Waals surface area contributed by atoms with E-state index in [0.717, 1.165) is 25.7 Å². The van der Waals surface area contributed by atoms with E-state index in [0.29, 0.717) is 12.5 Å². The number of hydrogen-bond acceptors (Lipinski definition) is 4. The molecule has 1 fully saturated rings. The number of aromatic hydroxyl groups is 1. The number of anilines is 1. The van der Waals surface area contributed by atoms with Crippen LogP contribution >= 0.6 is 0 Å². The minimum atomic E-state index is -1.10. The number of phenols is 1. The van der Waals surface area contributed by atoms with Crippen LogP contribution in [0.25, 0.3) is 0 Å². The Hall–Kier alpha value is -2.08. The van der Waals surface area contributed by atoms with Gasteiger partial charge in [0.05, 0.1) is 11.3 Å². The van der Waals surface area contributed by atoms with Gasteiger partial charge in [0.15, 0.2) is 0 Å². The zero-order valence-electron chi connectivity index (χ0n) is 11.7.